The van der Waals surface area contributed by atoms with Gasteiger partial charge in [-0.25, -0.2) is 0 Å². The molecule has 2 N–H and O–H groups in total. The summed E-state index contributed by atoms with van der Waals surface area (Å²) >= 11 is 0. The van der Waals surface area contributed by atoms with Crippen LogP contribution in [-0.2, 0) is 17.3 Å². The molecule has 0 aliphatic carbocycles. The first kappa shape index (κ1) is 9.25. The number of nitrogen functional groups attached to an aromatic ring is 1. The van der Waals surface area contributed by atoms with Crippen molar-refractivity contribution >= 4 is 16.6 Å². The van der Waals surface area contributed by atoms with E-state index in [-0.39, 0.29) is 0 Å². The van der Waals surface area contributed by atoms with Crippen molar-refractivity contribution in [1.29, 1.82) is 0 Å². The van der Waals surface area contributed by atoms with Crippen LogP contribution in [0.3, 0.4) is 0 Å². The van der Waals surface area contributed by atoms with Gasteiger partial charge in [-0.2, -0.15) is 5.10 Å². The zero-order chi connectivity index (χ0) is 9.14. The SMILES string of the molecule is Cc1cn(CCS(C)=O)nc1N. The number of hydrogen-bond acceptors (Lipinski definition) is 3. The average molecular weight is 187 g/mol. The smallest absolute Gasteiger partial charge is 0.148 e. The maximum absolute atomic E-state index is 10.7. The first-order chi connectivity index (χ1) is 5.59. The Hall–Kier alpha value is -0.840. The van der Waals surface area contributed by atoms with Gasteiger partial charge in [0.05, 0.1) is 6.54 Å². The summed E-state index contributed by atoms with van der Waals surface area (Å²) in [6.07, 6.45) is 3.54. The first-order valence-corrected chi connectivity index (χ1v) is 5.42. The molecule has 0 aliphatic heterocycles. The molecule has 0 aromatic carbocycles. The van der Waals surface area contributed by atoms with Crippen molar-refractivity contribution in [3.63, 3.8) is 0 Å². The van der Waals surface area contributed by atoms with E-state index >= 15 is 0 Å². The van der Waals surface area contributed by atoms with Crippen molar-refractivity contribution in [2.45, 2.75) is 13.5 Å². The summed E-state index contributed by atoms with van der Waals surface area (Å²) < 4.78 is 12.5. The number of anilines is 1. The molecule has 0 bridgehead atoms. The standard InChI is InChI=1S/C7H13N3OS/c1-6-5-10(9-7(6)8)3-4-12(2)11/h5H,3-4H2,1-2H3,(H2,8,9). The Morgan fingerprint density at radius 3 is 2.83 bits per heavy atom. The highest BCUT2D eigenvalue weighted by atomic mass is 32.2. The molecule has 68 valence electrons. The molecule has 0 spiro atoms. The molecule has 1 heterocycles. The third kappa shape index (κ3) is 2.34. The van der Waals surface area contributed by atoms with Gasteiger partial charge >= 0.3 is 0 Å². The Bertz CT molecular complexity index is 275. The van der Waals surface area contributed by atoms with Crippen LogP contribution in [0.15, 0.2) is 6.20 Å². The van der Waals surface area contributed by atoms with Crippen LogP contribution >= 0.6 is 0 Å². The van der Waals surface area contributed by atoms with Gasteiger partial charge in [0.1, 0.15) is 5.82 Å². The highest BCUT2D eigenvalue weighted by molar-refractivity contribution is 7.84. The molecule has 1 aromatic rings. The minimum atomic E-state index is -0.765. The molecule has 0 radical (unpaired) electrons. The second-order valence-electron chi connectivity index (χ2n) is 2.74. The predicted molar refractivity (Wildman–Crippen MR) is 50.3 cm³/mol. The van der Waals surface area contributed by atoms with E-state index in [1.165, 1.54) is 0 Å². The Kier molecular flexibility index (Phi) is 2.86. The highest BCUT2D eigenvalue weighted by Crippen LogP contribution is 2.05. The molecule has 1 atom stereocenters. The number of aryl methyl sites for hydroxylation is 2. The quantitative estimate of drug-likeness (QED) is 0.733. The summed E-state index contributed by atoms with van der Waals surface area (Å²) in [5.41, 5.74) is 6.51. The number of nitrogens with zero attached hydrogens (tertiary/aromatic N) is 2. The molecule has 5 heteroatoms. The Morgan fingerprint density at radius 1 is 1.75 bits per heavy atom. The van der Waals surface area contributed by atoms with Gasteiger partial charge in [0, 0.05) is 34.6 Å². The van der Waals surface area contributed by atoms with Crippen molar-refractivity contribution in [3.8, 4) is 0 Å². The van der Waals surface area contributed by atoms with Gasteiger partial charge in [0.15, 0.2) is 0 Å². The van der Waals surface area contributed by atoms with Crippen molar-refractivity contribution in [2.75, 3.05) is 17.7 Å². The van der Waals surface area contributed by atoms with E-state index in [4.69, 9.17) is 5.73 Å². The number of hydrogen-bond donors (Lipinski definition) is 1. The fraction of sp³-hybridized carbons (Fsp3) is 0.571. The van der Waals surface area contributed by atoms with Crippen LogP contribution in [0.4, 0.5) is 5.82 Å². The maximum Gasteiger partial charge on any atom is 0.148 e. The minimum Gasteiger partial charge on any atom is -0.382 e. The lowest BCUT2D eigenvalue weighted by atomic mass is 10.4. The fourth-order valence-corrected chi connectivity index (χ4v) is 1.32. The maximum atomic E-state index is 10.7. The molecule has 4 nitrogen and oxygen atoms in total. The Balaban J connectivity index is 2.58. The molecule has 0 aliphatic rings. The predicted octanol–water partition coefficient (Wildman–Crippen LogP) is 0.152. The van der Waals surface area contributed by atoms with E-state index in [1.54, 1.807) is 10.9 Å². The van der Waals surface area contributed by atoms with Gasteiger partial charge in [0.2, 0.25) is 0 Å². The van der Waals surface area contributed by atoms with Crippen LogP contribution in [0.5, 0.6) is 0 Å². The Morgan fingerprint density at radius 2 is 2.42 bits per heavy atom. The van der Waals surface area contributed by atoms with Crippen molar-refractivity contribution in [3.05, 3.63) is 11.8 Å². The molecule has 0 saturated heterocycles. The van der Waals surface area contributed by atoms with Gasteiger partial charge in [-0.15, -0.1) is 0 Å². The number of rotatable bonds is 3. The van der Waals surface area contributed by atoms with Gasteiger partial charge in [-0.05, 0) is 6.92 Å². The van der Waals surface area contributed by atoms with Crippen molar-refractivity contribution in [2.24, 2.45) is 0 Å². The fourth-order valence-electron chi connectivity index (χ4n) is 0.872. The highest BCUT2D eigenvalue weighted by Gasteiger charge is 2.00. The van der Waals surface area contributed by atoms with E-state index in [1.807, 2.05) is 13.1 Å². The number of nitrogens with two attached hydrogens (primary N) is 1. The Labute approximate surface area is 74.2 Å². The van der Waals surface area contributed by atoms with Crippen LogP contribution in [0.1, 0.15) is 5.56 Å². The molecular formula is C7H13N3OS. The van der Waals surface area contributed by atoms with E-state index in [0.29, 0.717) is 18.1 Å². The van der Waals surface area contributed by atoms with E-state index in [9.17, 15) is 4.21 Å². The average Bonchev–Trinajstić information content (AvgIpc) is 2.28. The molecule has 12 heavy (non-hydrogen) atoms. The lowest BCUT2D eigenvalue weighted by Crippen LogP contribution is -2.07. The van der Waals surface area contributed by atoms with Crippen LogP contribution in [0, 0.1) is 6.92 Å². The third-order valence-electron chi connectivity index (χ3n) is 1.59. The largest absolute Gasteiger partial charge is 0.382 e. The van der Waals surface area contributed by atoms with Gasteiger partial charge in [-0.3, -0.25) is 8.89 Å². The zero-order valence-electron chi connectivity index (χ0n) is 7.28. The second kappa shape index (κ2) is 3.71. The van der Waals surface area contributed by atoms with E-state index < -0.39 is 10.8 Å². The minimum absolute atomic E-state index is 0.553. The van der Waals surface area contributed by atoms with Gasteiger partial charge in [-0.1, -0.05) is 0 Å². The normalized spacial score (nSPS) is 13.2. The monoisotopic (exact) mass is 187 g/mol. The second-order valence-corrected chi connectivity index (χ2v) is 4.29. The lowest BCUT2D eigenvalue weighted by Gasteiger charge is -1.96. The third-order valence-corrected chi connectivity index (χ3v) is 2.35. The molecule has 1 rings (SSSR count). The molecule has 0 saturated carbocycles. The summed E-state index contributed by atoms with van der Waals surface area (Å²) in [4.78, 5) is 0. The summed E-state index contributed by atoms with van der Waals surface area (Å²) in [6.45, 7) is 2.57. The molecule has 1 aromatic heterocycles. The zero-order valence-corrected chi connectivity index (χ0v) is 8.10. The molecular weight excluding hydrogens is 174 g/mol. The van der Waals surface area contributed by atoms with Crippen LogP contribution in [0.2, 0.25) is 0 Å². The van der Waals surface area contributed by atoms with Crippen molar-refractivity contribution < 1.29 is 4.21 Å². The lowest BCUT2D eigenvalue weighted by molar-refractivity contribution is 0.648. The first-order valence-electron chi connectivity index (χ1n) is 3.69. The number of aromatic nitrogens is 2. The van der Waals surface area contributed by atoms with Crippen LogP contribution < -0.4 is 5.73 Å². The topological polar surface area (TPSA) is 60.9 Å². The summed E-state index contributed by atoms with van der Waals surface area (Å²) in [5.74, 6) is 1.18. The molecule has 0 fully saturated rings. The summed E-state index contributed by atoms with van der Waals surface area (Å²) in [7, 11) is -0.765. The summed E-state index contributed by atoms with van der Waals surface area (Å²) in [5, 5.41) is 4.04. The van der Waals surface area contributed by atoms with E-state index in [2.05, 4.69) is 5.10 Å². The summed E-state index contributed by atoms with van der Waals surface area (Å²) in [6, 6.07) is 0. The van der Waals surface area contributed by atoms with Crippen LogP contribution in [-0.4, -0.2) is 26.0 Å². The van der Waals surface area contributed by atoms with Gasteiger partial charge in [0.25, 0.3) is 0 Å². The van der Waals surface area contributed by atoms with Crippen molar-refractivity contribution in [1.82, 2.24) is 9.78 Å². The van der Waals surface area contributed by atoms with Crippen LogP contribution in [0.25, 0.3) is 0 Å². The van der Waals surface area contributed by atoms with E-state index in [0.717, 1.165) is 5.56 Å². The van der Waals surface area contributed by atoms with Gasteiger partial charge < -0.3 is 5.73 Å². The molecule has 0 amide bonds. The molecule has 1 unspecified atom stereocenters.